The van der Waals surface area contributed by atoms with Crippen molar-refractivity contribution in [2.45, 2.75) is 13.5 Å². The second kappa shape index (κ2) is 8.24. The van der Waals surface area contributed by atoms with Crippen LogP contribution >= 0.6 is 39.9 Å². The minimum Gasteiger partial charge on any atom is -0.504 e. The van der Waals surface area contributed by atoms with Gasteiger partial charge in [-0.2, -0.15) is 0 Å². The lowest BCUT2D eigenvalue weighted by Gasteiger charge is -2.14. The maximum Gasteiger partial charge on any atom is 0.266 e. The number of hydrogen-bond acceptors (Lipinski definition) is 5. The molecule has 134 valence electrons. The van der Waals surface area contributed by atoms with E-state index in [1.54, 1.807) is 23.1 Å². The molecular weight excluding hydrogens is 434 g/mol. The number of carbonyl (C=O) groups excluding carboxylic acids is 1. The fourth-order valence-electron chi connectivity index (χ4n) is 2.48. The molecule has 0 unspecified atom stereocenters. The average molecular weight is 450 g/mol. The number of nitrogens with zero attached hydrogens (tertiary/aromatic N) is 1. The van der Waals surface area contributed by atoms with E-state index < -0.39 is 0 Å². The molecule has 1 fully saturated rings. The van der Waals surface area contributed by atoms with Crippen molar-refractivity contribution in [3.63, 3.8) is 0 Å². The molecule has 0 radical (unpaired) electrons. The molecule has 1 amide bonds. The maximum atomic E-state index is 12.8. The molecule has 7 heteroatoms. The van der Waals surface area contributed by atoms with Gasteiger partial charge < -0.3 is 9.84 Å². The van der Waals surface area contributed by atoms with Gasteiger partial charge in [-0.25, -0.2) is 0 Å². The van der Waals surface area contributed by atoms with Gasteiger partial charge in [0.25, 0.3) is 5.91 Å². The van der Waals surface area contributed by atoms with Gasteiger partial charge in [-0.15, -0.1) is 0 Å². The fourth-order valence-corrected chi connectivity index (χ4v) is 4.18. The molecule has 0 atom stereocenters. The summed E-state index contributed by atoms with van der Waals surface area (Å²) in [5.74, 6) is 0.302. The van der Waals surface area contributed by atoms with Crippen LogP contribution in [0.25, 0.3) is 6.08 Å². The molecule has 0 spiro atoms. The van der Waals surface area contributed by atoms with E-state index in [0.717, 1.165) is 11.1 Å². The Labute approximate surface area is 170 Å². The van der Waals surface area contributed by atoms with Crippen molar-refractivity contribution in [2.75, 3.05) is 6.61 Å². The summed E-state index contributed by atoms with van der Waals surface area (Å²) in [5, 5.41) is 9.93. The molecule has 3 rings (SSSR count). The van der Waals surface area contributed by atoms with Crippen LogP contribution in [0.3, 0.4) is 0 Å². The van der Waals surface area contributed by atoms with Gasteiger partial charge in [0.15, 0.2) is 11.5 Å². The minimum atomic E-state index is -0.123. The second-order valence-electron chi connectivity index (χ2n) is 5.53. The normalized spacial score (nSPS) is 15.8. The zero-order valence-corrected chi connectivity index (χ0v) is 17.2. The van der Waals surface area contributed by atoms with Crippen LogP contribution in [0, 0.1) is 0 Å². The van der Waals surface area contributed by atoms with E-state index in [9.17, 15) is 9.90 Å². The van der Waals surface area contributed by atoms with Crippen LogP contribution in [0.5, 0.6) is 11.5 Å². The molecule has 4 nitrogen and oxygen atoms in total. The SMILES string of the molecule is CCOc1cc(C=C2SC(=S)N(Cc3ccccc3)C2=O)c(Br)cc1O. The Morgan fingerprint density at radius 1 is 1.31 bits per heavy atom. The highest BCUT2D eigenvalue weighted by atomic mass is 79.9. The van der Waals surface area contributed by atoms with Gasteiger partial charge in [0.1, 0.15) is 4.32 Å². The Bertz CT molecular complexity index is 884. The van der Waals surface area contributed by atoms with Crippen LogP contribution in [0.4, 0.5) is 0 Å². The molecule has 0 aliphatic carbocycles. The van der Waals surface area contributed by atoms with Gasteiger partial charge in [0.2, 0.25) is 0 Å². The minimum absolute atomic E-state index is 0.0486. The van der Waals surface area contributed by atoms with Crippen LogP contribution < -0.4 is 4.74 Å². The summed E-state index contributed by atoms with van der Waals surface area (Å²) in [4.78, 5) is 14.9. The molecule has 0 saturated carbocycles. The number of ether oxygens (including phenoxy) is 1. The van der Waals surface area contributed by atoms with Crippen LogP contribution in [-0.4, -0.2) is 26.8 Å². The Kier molecular flexibility index (Phi) is 6.01. The van der Waals surface area contributed by atoms with Gasteiger partial charge >= 0.3 is 0 Å². The number of phenolic OH excluding ortho intramolecular Hbond substituents is 1. The summed E-state index contributed by atoms with van der Waals surface area (Å²) in [6, 6.07) is 13.0. The van der Waals surface area contributed by atoms with E-state index >= 15 is 0 Å². The largest absolute Gasteiger partial charge is 0.504 e. The number of thioether (sulfide) groups is 1. The molecular formula is C19H16BrNO3S2. The summed E-state index contributed by atoms with van der Waals surface area (Å²) < 4.78 is 6.62. The van der Waals surface area contributed by atoms with Crippen molar-refractivity contribution in [3.05, 3.63) is 63.0 Å². The van der Waals surface area contributed by atoms with E-state index in [2.05, 4.69) is 15.9 Å². The van der Waals surface area contributed by atoms with E-state index in [1.165, 1.54) is 11.8 Å². The molecule has 26 heavy (non-hydrogen) atoms. The van der Waals surface area contributed by atoms with Gasteiger partial charge in [0, 0.05) is 4.47 Å². The Hall–Kier alpha value is -1.83. The van der Waals surface area contributed by atoms with Crippen molar-refractivity contribution >= 4 is 56.2 Å². The van der Waals surface area contributed by atoms with Crippen molar-refractivity contribution in [3.8, 4) is 11.5 Å². The Morgan fingerprint density at radius 3 is 2.73 bits per heavy atom. The first-order valence-corrected chi connectivity index (χ1v) is 9.96. The second-order valence-corrected chi connectivity index (χ2v) is 8.06. The number of thiocarbonyl (C=S) groups is 1. The molecule has 0 bridgehead atoms. The smallest absolute Gasteiger partial charge is 0.266 e. The predicted molar refractivity (Wildman–Crippen MR) is 112 cm³/mol. The van der Waals surface area contributed by atoms with Crippen LogP contribution in [-0.2, 0) is 11.3 Å². The number of halogens is 1. The molecule has 1 aliphatic rings. The lowest BCUT2D eigenvalue weighted by molar-refractivity contribution is -0.122. The third-order valence-corrected chi connectivity index (χ3v) is 5.79. The number of benzene rings is 2. The number of amides is 1. The molecule has 1 aliphatic heterocycles. The summed E-state index contributed by atoms with van der Waals surface area (Å²) in [6.07, 6.45) is 1.76. The first-order valence-electron chi connectivity index (χ1n) is 7.94. The molecule has 1 N–H and O–H groups in total. The van der Waals surface area contributed by atoms with E-state index in [4.69, 9.17) is 17.0 Å². The third kappa shape index (κ3) is 4.11. The lowest BCUT2D eigenvalue weighted by atomic mass is 10.1. The lowest BCUT2D eigenvalue weighted by Crippen LogP contribution is -2.27. The topological polar surface area (TPSA) is 49.8 Å². The van der Waals surface area contributed by atoms with Crippen molar-refractivity contribution in [2.24, 2.45) is 0 Å². The summed E-state index contributed by atoms with van der Waals surface area (Å²) in [6.45, 7) is 2.73. The Balaban J connectivity index is 1.87. The van der Waals surface area contributed by atoms with Crippen LogP contribution in [0.15, 0.2) is 51.8 Å². The first kappa shape index (κ1) is 18.9. The molecule has 2 aromatic rings. The maximum absolute atomic E-state index is 12.8. The number of rotatable bonds is 5. The third-order valence-electron chi connectivity index (χ3n) is 3.72. The highest BCUT2D eigenvalue weighted by Gasteiger charge is 2.32. The summed E-state index contributed by atoms with van der Waals surface area (Å²) >= 11 is 10.1. The summed E-state index contributed by atoms with van der Waals surface area (Å²) in [5.41, 5.74) is 1.76. The van der Waals surface area contributed by atoms with Crippen molar-refractivity contribution in [1.82, 2.24) is 4.90 Å². The van der Waals surface area contributed by atoms with Crippen LogP contribution in [0.1, 0.15) is 18.1 Å². The highest BCUT2D eigenvalue weighted by molar-refractivity contribution is 9.10. The standard InChI is InChI=1S/C19H16BrNO3S2/c1-2-24-16-8-13(14(20)10-15(16)22)9-17-18(23)21(19(25)26-17)11-12-6-4-3-5-7-12/h3-10,22H,2,11H2,1H3. The number of aromatic hydroxyl groups is 1. The van der Waals surface area contributed by atoms with E-state index in [-0.39, 0.29) is 11.7 Å². The van der Waals surface area contributed by atoms with Gasteiger partial charge in [-0.3, -0.25) is 9.69 Å². The zero-order chi connectivity index (χ0) is 18.7. The quantitative estimate of drug-likeness (QED) is 0.516. The van der Waals surface area contributed by atoms with Gasteiger partial charge in [-0.1, -0.05) is 70.2 Å². The molecule has 2 aromatic carbocycles. The van der Waals surface area contributed by atoms with E-state index in [1.807, 2.05) is 37.3 Å². The molecule has 1 saturated heterocycles. The molecule has 1 heterocycles. The van der Waals surface area contributed by atoms with Gasteiger partial charge in [-0.05, 0) is 36.3 Å². The van der Waals surface area contributed by atoms with Crippen LogP contribution in [0.2, 0.25) is 0 Å². The predicted octanol–water partition coefficient (Wildman–Crippen LogP) is 4.95. The first-order chi connectivity index (χ1) is 12.5. The Morgan fingerprint density at radius 2 is 2.04 bits per heavy atom. The highest BCUT2D eigenvalue weighted by Crippen LogP contribution is 2.38. The number of carbonyl (C=O) groups is 1. The average Bonchev–Trinajstić information content (AvgIpc) is 2.88. The van der Waals surface area contributed by atoms with Crippen molar-refractivity contribution < 1.29 is 14.6 Å². The fraction of sp³-hybridized carbons (Fsp3) is 0.158. The monoisotopic (exact) mass is 449 g/mol. The van der Waals surface area contributed by atoms with Crippen molar-refractivity contribution in [1.29, 1.82) is 0 Å². The molecule has 0 aromatic heterocycles. The summed E-state index contributed by atoms with van der Waals surface area (Å²) in [7, 11) is 0. The number of hydrogen-bond donors (Lipinski definition) is 1. The van der Waals surface area contributed by atoms with E-state index in [0.29, 0.717) is 32.6 Å². The zero-order valence-electron chi connectivity index (χ0n) is 13.9. The number of phenols is 1. The van der Waals surface area contributed by atoms with Gasteiger partial charge in [0.05, 0.1) is 18.1 Å².